The quantitative estimate of drug-likeness (QED) is 0.179. The monoisotopic (exact) mass is 474 g/mol. The third kappa shape index (κ3) is 19.5. The predicted molar refractivity (Wildman–Crippen MR) is 122 cm³/mol. The van der Waals surface area contributed by atoms with Gasteiger partial charge in [-0.05, 0) is 19.8 Å². The lowest BCUT2D eigenvalue weighted by Gasteiger charge is -2.09. The molecular formula is C22H42N4O7. The molecular weight excluding hydrogens is 432 g/mol. The van der Waals surface area contributed by atoms with Crippen molar-refractivity contribution < 1.29 is 33.6 Å². The summed E-state index contributed by atoms with van der Waals surface area (Å²) in [7, 11) is 0. The molecule has 11 nitrogen and oxygen atoms in total. The van der Waals surface area contributed by atoms with Crippen LogP contribution in [0.25, 0.3) is 0 Å². The van der Waals surface area contributed by atoms with E-state index in [4.69, 9.17) is 24.1 Å². The fourth-order valence-electron chi connectivity index (χ4n) is 2.72. The highest BCUT2D eigenvalue weighted by Gasteiger charge is 2.33. The van der Waals surface area contributed by atoms with Gasteiger partial charge < -0.3 is 34.7 Å². The maximum absolute atomic E-state index is 11.6. The first kappa shape index (κ1) is 29.4. The summed E-state index contributed by atoms with van der Waals surface area (Å²) in [6, 6.07) is 0. The molecule has 1 heterocycles. The fourth-order valence-corrected chi connectivity index (χ4v) is 2.72. The maximum atomic E-state index is 11.6. The number of hydrogen-bond donors (Lipinski definition) is 3. The van der Waals surface area contributed by atoms with E-state index in [1.165, 1.54) is 0 Å². The van der Waals surface area contributed by atoms with Gasteiger partial charge in [-0.25, -0.2) is 0 Å². The minimum Gasteiger partial charge on any atom is -0.396 e. The zero-order chi connectivity index (χ0) is 24.0. The van der Waals surface area contributed by atoms with Crippen LogP contribution < -0.4 is 10.6 Å². The largest absolute Gasteiger partial charge is 0.396 e. The number of amides is 2. The van der Waals surface area contributed by atoms with Gasteiger partial charge in [0.1, 0.15) is 0 Å². The van der Waals surface area contributed by atoms with Crippen LogP contribution in [0.15, 0.2) is 10.2 Å². The number of nitrogens with one attached hydrogen (secondary N) is 2. The molecule has 3 N–H and O–H groups in total. The number of aliphatic hydroxyl groups excluding tert-OH is 1. The SMILES string of the molecule is CC1(CCC(=O)NCCOCCOCCOCCOCCC(=O)NCCCCCCO)N=N1. The summed E-state index contributed by atoms with van der Waals surface area (Å²) in [6.45, 7) is 6.83. The van der Waals surface area contributed by atoms with Crippen LogP contribution in [0, 0.1) is 0 Å². The lowest BCUT2D eigenvalue weighted by Crippen LogP contribution is -2.28. The molecule has 0 saturated heterocycles. The molecule has 33 heavy (non-hydrogen) atoms. The molecule has 1 rings (SSSR count). The van der Waals surface area contributed by atoms with Crippen molar-refractivity contribution in [2.75, 3.05) is 72.6 Å². The van der Waals surface area contributed by atoms with Gasteiger partial charge in [-0.3, -0.25) is 9.59 Å². The summed E-state index contributed by atoms with van der Waals surface area (Å²) < 4.78 is 21.6. The van der Waals surface area contributed by atoms with E-state index in [1.54, 1.807) is 0 Å². The summed E-state index contributed by atoms with van der Waals surface area (Å²) in [5.74, 6) is -0.0225. The topological polar surface area (TPSA) is 140 Å². The Morgan fingerprint density at radius 3 is 1.82 bits per heavy atom. The average molecular weight is 475 g/mol. The van der Waals surface area contributed by atoms with E-state index in [-0.39, 0.29) is 24.1 Å². The Morgan fingerprint density at radius 2 is 1.21 bits per heavy atom. The van der Waals surface area contributed by atoms with E-state index in [2.05, 4.69) is 20.9 Å². The van der Waals surface area contributed by atoms with E-state index >= 15 is 0 Å². The molecule has 11 heteroatoms. The van der Waals surface area contributed by atoms with Crippen LogP contribution in [0.4, 0.5) is 0 Å². The number of carbonyl (C=O) groups is 2. The van der Waals surface area contributed by atoms with Crippen molar-refractivity contribution >= 4 is 11.8 Å². The summed E-state index contributed by atoms with van der Waals surface area (Å²) in [4.78, 5) is 23.2. The van der Waals surface area contributed by atoms with Crippen molar-refractivity contribution in [1.82, 2.24) is 10.6 Å². The van der Waals surface area contributed by atoms with Gasteiger partial charge in [0, 0.05) is 39.0 Å². The van der Waals surface area contributed by atoms with Gasteiger partial charge in [-0.15, -0.1) is 0 Å². The number of aliphatic hydroxyl groups is 1. The predicted octanol–water partition coefficient (Wildman–Crippen LogP) is 1.19. The highest BCUT2D eigenvalue weighted by Crippen LogP contribution is 2.31. The van der Waals surface area contributed by atoms with Gasteiger partial charge in [-0.1, -0.05) is 12.8 Å². The van der Waals surface area contributed by atoms with E-state index in [0.717, 1.165) is 25.7 Å². The van der Waals surface area contributed by atoms with Crippen molar-refractivity contribution in [2.45, 2.75) is 57.5 Å². The van der Waals surface area contributed by atoms with Gasteiger partial charge in [-0.2, -0.15) is 10.2 Å². The number of carbonyl (C=O) groups excluding carboxylic acids is 2. The first-order valence-electron chi connectivity index (χ1n) is 11.9. The summed E-state index contributed by atoms with van der Waals surface area (Å²) >= 11 is 0. The van der Waals surface area contributed by atoms with Gasteiger partial charge in [0.25, 0.3) is 0 Å². The molecule has 192 valence electrons. The molecule has 0 atom stereocenters. The molecule has 0 unspecified atom stereocenters. The third-order valence-electron chi connectivity index (χ3n) is 4.83. The van der Waals surface area contributed by atoms with Gasteiger partial charge in [0.15, 0.2) is 5.66 Å². The van der Waals surface area contributed by atoms with Gasteiger partial charge >= 0.3 is 0 Å². The first-order chi connectivity index (χ1) is 16.1. The number of rotatable bonds is 24. The van der Waals surface area contributed by atoms with Crippen molar-refractivity contribution in [3.05, 3.63) is 0 Å². The van der Waals surface area contributed by atoms with Crippen LogP contribution in [0.3, 0.4) is 0 Å². The van der Waals surface area contributed by atoms with E-state index in [0.29, 0.717) is 85.2 Å². The smallest absolute Gasteiger partial charge is 0.222 e. The average Bonchev–Trinajstić information content (AvgIpc) is 3.54. The molecule has 0 aromatic rings. The molecule has 0 bridgehead atoms. The molecule has 0 spiro atoms. The third-order valence-corrected chi connectivity index (χ3v) is 4.83. The van der Waals surface area contributed by atoms with Crippen molar-refractivity contribution in [1.29, 1.82) is 0 Å². The van der Waals surface area contributed by atoms with Crippen molar-refractivity contribution in [3.63, 3.8) is 0 Å². The Balaban J connectivity index is 1.70. The van der Waals surface area contributed by atoms with Gasteiger partial charge in [0.2, 0.25) is 11.8 Å². The zero-order valence-corrected chi connectivity index (χ0v) is 20.0. The molecule has 1 aliphatic rings. The molecule has 0 saturated carbocycles. The van der Waals surface area contributed by atoms with E-state index in [1.807, 2.05) is 6.92 Å². The Labute approximate surface area is 197 Å². The van der Waals surface area contributed by atoms with Crippen molar-refractivity contribution in [2.24, 2.45) is 10.2 Å². The Hall–Kier alpha value is -1.66. The number of unbranched alkanes of at least 4 members (excludes halogenated alkanes) is 3. The van der Waals surface area contributed by atoms with Crippen LogP contribution in [0.5, 0.6) is 0 Å². The highest BCUT2D eigenvalue weighted by atomic mass is 16.6. The van der Waals surface area contributed by atoms with E-state index in [9.17, 15) is 9.59 Å². The Kier molecular flexibility index (Phi) is 17.6. The standard InChI is InChI=1S/C22H42N4O7/c1-22(25-26-22)8-6-20(28)24-10-13-31-15-17-33-19-18-32-16-14-30-12-7-21(29)23-9-4-2-3-5-11-27/h27H,2-19H2,1H3,(H,23,29)(H,24,28). The Morgan fingerprint density at radius 1 is 0.697 bits per heavy atom. The maximum Gasteiger partial charge on any atom is 0.222 e. The van der Waals surface area contributed by atoms with E-state index < -0.39 is 0 Å². The summed E-state index contributed by atoms with van der Waals surface area (Å²) in [5.41, 5.74) is -0.332. The molecule has 0 radical (unpaired) electrons. The fraction of sp³-hybridized carbons (Fsp3) is 0.909. The molecule has 0 aromatic heterocycles. The number of hydrogen-bond acceptors (Lipinski definition) is 9. The highest BCUT2D eigenvalue weighted by molar-refractivity contribution is 5.76. The number of ether oxygens (including phenoxy) is 4. The van der Waals surface area contributed by atoms with Crippen LogP contribution in [0.2, 0.25) is 0 Å². The normalized spacial score (nSPS) is 13.8. The minimum absolute atomic E-state index is 0.00767. The lowest BCUT2D eigenvalue weighted by atomic mass is 10.1. The Bertz CT molecular complexity index is 543. The summed E-state index contributed by atoms with van der Waals surface area (Å²) in [6.07, 6.45) is 5.16. The lowest BCUT2D eigenvalue weighted by molar-refractivity contribution is -0.122. The van der Waals surface area contributed by atoms with Crippen LogP contribution in [0.1, 0.15) is 51.9 Å². The van der Waals surface area contributed by atoms with Crippen LogP contribution in [-0.2, 0) is 28.5 Å². The molecule has 0 fully saturated rings. The summed E-state index contributed by atoms with van der Waals surface area (Å²) in [5, 5.41) is 22.1. The molecule has 0 aromatic carbocycles. The second kappa shape index (κ2) is 19.8. The zero-order valence-electron chi connectivity index (χ0n) is 20.0. The second-order valence-corrected chi connectivity index (χ2v) is 7.95. The van der Waals surface area contributed by atoms with Crippen LogP contribution >= 0.6 is 0 Å². The van der Waals surface area contributed by atoms with Crippen LogP contribution in [-0.4, -0.2) is 95.1 Å². The minimum atomic E-state index is -0.332. The van der Waals surface area contributed by atoms with Gasteiger partial charge in [0.05, 0.1) is 52.9 Å². The molecule has 1 aliphatic heterocycles. The molecule has 0 aliphatic carbocycles. The number of nitrogens with zero attached hydrogens (tertiary/aromatic N) is 2. The molecule has 2 amide bonds. The van der Waals surface area contributed by atoms with Crippen molar-refractivity contribution in [3.8, 4) is 0 Å². The first-order valence-corrected chi connectivity index (χ1v) is 11.9. The second-order valence-electron chi connectivity index (χ2n) is 7.95.